The van der Waals surface area contributed by atoms with Gasteiger partial charge in [-0.2, -0.15) is 0 Å². The summed E-state index contributed by atoms with van der Waals surface area (Å²) in [6.45, 7) is 0.258. The number of benzene rings is 2. The standard InChI is InChI=1S/C14H11BrN2O2S/c15-8-1-3-10(14(16)20)11(5-8)17-9-2-4-12-13(6-9)19-7-18-12/h1-6,17H,7H2,(H2,16,20). The van der Waals surface area contributed by atoms with Crippen LogP contribution in [0.4, 0.5) is 11.4 Å². The third kappa shape index (κ3) is 2.57. The molecule has 0 atom stereocenters. The zero-order valence-electron chi connectivity index (χ0n) is 10.4. The van der Waals surface area contributed by atoms with E-state index in [1.54, 1.807) is 0 Å². The molecule has 0 aromatic heterocycles. The van der Waals surface area contributed by atoms with Gasteiger partial charge in [0.2, 0.25) is 6.79 Å². The van der Waals surface area contributed by atoms with Gasteiger partial charge < -0.3 is 20.5 Å². The van der Waals surface area contributed by atoms with Crippen molar-refractivity contribution in [3.05, 3.63) is 46.4 Å². The molecule has 0 bridgehead atoms. The van der Waals surface area contributed by atoms with Crippen LogP contribution in [0.2, 0.25) is 0 Å². The Labute approximate surface area is 130 Å². The summed E-state index contributed by atoms with van der Waals surface area (Å²) in [6.07, 6.45) is 0. The van der Waals surface area contributed by atoms with Crippen LogP contribution in [0.25, 0.3) is 0 Å². The average Bonchev–Trinajstić information content (AvgIpc) is 2.85. The van der Waals surface area contributed by atoms with Gasteiger partial charge in [0.25, 0.3) is 0 Å². The molecule has 2 aromatic carbocycles. The Hall–Kier alpha value is -1.79. The molecule has 0 unspecified atom stereocenters. The summed E-state index contributed by atoms with van der Waals surface area (Å²) < 4.78 is 11.6. The molecule has 1 aliphatic rings. The third-order valence-electron chi connectivity index (χ3n) is 2.90. The van der Waals surface area contributed by atoms with Gasteiger partial charge in [0, 0.05) is 27.5 Å². The molecule has 0 radical (unpaired) electrons. The van der Waals surface area contributed by atoms with Crippen LogP contribution in [0.15, 0.2) is 40.9 Å². The number of rotatable bonds is 3. The van der Waals surface area contributed by atoms with Crippen molar-refractivity contribution in [2.75, 3.05) is 12.1 Å². The molecule has 20 heavy (non-hydrogen) atoms. The molecule has 0 spiro atoms. The number of anilines is 2. The second-order valence-electron chi connectivity index (χ2n) is 4.25. The maximum absolute atomic E-state index is 5.74. The van der Waals surface area contributed by atoms with Gasteiger partial charge in [-0.3, -0.25) is 0 Å². The molecule has 1 aliphatic heterocycles. The van der Waals surface area contributed by atoms with Crippen molar-refractivity contribution in [1.29, 1.82) is 0 Å². The minimum atomic E-state index is 0.258. The van der Waals surface area contributed by atoms with Crippen LogP contribution in [-0.2, 0) is 0 Å². The molecule has 0 aliphatic carbocycles. The van der Waals surface area contributed by atoms with Gasteiger partial charge in [0.15, 0.2) is 11.5 Å². The van der Waals surface area contributed by atoms with Crippen molar-refractivity contribution in [1.82, 2.24) is 0 Å². The zero-order chi connectivity index (χ0) is 14.1. The number of fused-ring (bicyclic) bond motifs is 1. The first-order chi connectivity index (χ1) is 9.63. The summed E-state index contributed by atoms with van der Waals surface area (Å²) in [5, 5.41) is 3.29. The summed E-state index contributed by atoms with van der Waals surface area (Å²) >= 11 is 8.51. The number of halogens is 1. The van der Waals surface area contributed by atoms with E-state index in [0.29, 0.717) is 4.99 Å². The SMILES string of the molecule is NC(=S)c1ccc(Br)cc1Nc1ccc2c(c1)OCO2. The Morgan fingerprint density at radius 1 is 1.15 bits per heavy atom. The van der Waals surface area contributed by atoms with Gasteiger partial charge in [0.05, 0.1) is 0 Å². The third-order valence-corrected chi connectivity index (χ3v) is 3.61. The van der Waals surface area contributed by atoms with Crippen LogP contribution in [0, 0.1) is 0 Å². The Bertz CT molecular complexity index is 691. The summed E-state index contributed by atoms with van der Waals surface area (Å²) in [6, 6.07) is 11.4. The molecule has 3 rings (SSSR count). The molecule has 4 nitrogen and oxygen atoms in total. The van der Waals surface area contributed by atoms with Gasteiger partial charge >= 0.3 is 0 Å². The Balaban J connectivity index is 1.95. The van der Waals surface area contributed by atoms with Crippen LogP contribution < -0.4 is 20.5 Å². The van der Waals surface area contributed by atoms with Gasteiger partial charge in [-0.1, -0.05) is 28.1 Å². The molecular formula is C14H11BrN2O2S. The van der Waals surface area contributed by atoms with Gasteiger partial charge in [-0.05, 0) is 30.3 Å². The number of hydrogen-bond acceptors (Lipinski definition) is 4. The highest BCUT2D eigenvalue weighted by Crippen LogP contribution is 2.35. The quantitative estimate of drug-likeness (QED) is 0.829. The van der Waals surface area contributed by atoms with E-state index in [2.05, 4.69) is 21.2 Å². The van der Waals surface area contributed by atoms with E-state index in [0.717, 1.165) is 32.9 Å². The Morgan fingerprint density at radius 2 is 1.95 bits per heavy atom. The second-order valence-corrected chi connectivity index (χ2v) is 5.60. The topological polar surface area (TPSA) is 56.5 Å². The summed E-state index contributed by atoms with van der Waals surface area (Å²) in [4.78, 5) is 0.348. The molecule has 2 aromatic rings. The monoisotopic (exact) mass is 350 g/mol. The van der Waals surface area contributed by atoms with Crippen LogP contribution in [-0.4, -0.2) is 11.8 Å². The van der Waals surface area contributed by atoms with Crippen molar-refractivity contribution in [3.63, 3.8) is 0 Å². The molecule has 0 saturated carbocycles. The Kier molecular flexibility index (Phi) is 3.50. The normalized spacial score (nSPS) is 12.2. The van der Waals surface area contributed by atoms with E-state index >= 15 is 0 Å². The zero-order valence-corrected chi connectivity index (χ0v) is 12.8. The van der Waals surface area contributed by atoms with Crippen molar-refractivity contribution in [3.8, 4) is 11.5 Å². The lowest BCUT2D eigenvalue weighted by molar-refractivity contribution is 0.174. The fourth-order valence-electron chi connectivity index (χ4n) is 1.96. The first kappa shape index (κ1) is 13.2. The van der Waals surface area contributed by atoms with Crippen LogP contribution >= 0.6 is 28.1 Å². The van der Waals surface area contributed by atoms with Crippen LogP contribution in [0.5, 0.6) is 11.5 Å². The number of hydrogen-bond donors (Lipinski definition) is 2. The number of nitrogens with one attached hydrogen (secondary N) is 1. The van der Waals surface area contributed by atoms with Crippen LogP contribution in [0.3, 0.4) is 0 Å². The average molecular weight is 351 g/mol. The predicted molar refractivity (Wildman–Crippen MR) is 85.9 cm³/mol. The fraction of sp³-hybridized carbons (Fsp3) is 0.0714. The lowest BCUT2D eigenvalue weighted by atomic mass is 10.1. The van der Waals surface area contributed by atoms with E-state index in [9.17, 15) is 0 Å². The fourth-order valence-corrected chi connectivity index (χ4v) is 2.50. The maximum atomic E-state index is 5.74. The molecule has 102 valence electrons. The Morgan fingerprint density at radius 3 is 2.75 bits per heavy atom. The largest absolute Gasteiger partial charge is 0.454 e. The summed E-state index contributed by atoms with van der Waals surface area (Å²) in [7, 11) is 0. The molecule has 1 heterocycles. The second kappa shape index (κ2) is 5.30. The highest BCUT2D eigenvalue weighted by atomic mass is 79.9. The number of thiocarbonyl (C=S) groups is 1. The van der Waals surface area contributed by atoms with E-state index in [1.165, 1.54) is 0 Å². The summed E-state index contributed by atoms with van der Waals surface area (Å²) in [5.41, 5.74) is 8.25. The van der Waals surface area contributed by atoms with E-state index in [-0.39, 0.29) is 6.79 Å². The van der Waals surface area contributed by atoms with Crippen LogP contribution in [0.1, 0.15) is 5.56 Å². The summed E-state index contributed by atoms with van der Waals surface area (Å²) in [5.74, 6) is 1.47. The first-order valence-electron chi connectivity index (χ1n) is 5.89. The predicted octanol–water partition coefficient (Wildman–Crippen LogP) is 3.56. The highest BCUT2D eigenvalue weighted by Gasteiger charge is 2.14. The van der Waals surface area contributed by atoms with Crippen molar-refractivity contribution in [2.45, 2.75) is 0 Å². The molecule has 0 saturated heterocycles. The first-order valence-corrected chi connectivity index (χ1v) is 7.09. The molecular weight excluding hydrogens is 340 g/mol. The minimum absolute atomic E-state index is 0.258. The van der Waals surface area contributed by atoms with Crippen molar-refractivity contribution >= 4 is 44.5 Å². The number of ether oxygens (including phenoxy) is 2. The van der Waals surface area contributed by atoms with E-state index in [4.69, 9.17) is 27.4 Å². The molecule has 0 fully saturated rings. The lowest BCUT2D eigenvalue weighted by Gasteiger charge is -2.12. The minimum Gasteiger partial charge on any atom is -0.454 e. The van der Waals surface area contributed by atoms with Gasteiger partial charge in [-0.15, -0.1) is 0 Å². The van der Waals surface area contributed by atoms with Crippen molar-refractivity contribution in [2.24, 2.45) is 5.73 Å². The lowest BCUT2D eigenvalue weighted by Crippen LogP contribution is -2.11. The molecule has 0 amide bonds. The maximum Gasteiger partial charge on any atom is 0.231 e. The number of nitrogens with two attached hydrogens (primary N) is 1. The molecule has 3 N–H and O–H groups in total. The van der Waals surface area contributed by atoms with E-state index < -0.39 is 0 Å². The smallest absolute Gasteiger partial charge is 0.231 e. The highest BCUT2D eigenvalue weighted by molar-refractivity contribution is 9.10. The van der Waals surface area contributed by atoms with Gasteiger partial charge in [-0.25, -0.2) is 0 Å². The van der Waals surface area contributed by atoms with E-state index in [1.807, 2.05) is 36.4 Å². The van der Waals surface area contributed by atoms with Crippen molar-refractivity contribution < 1.29 is 9.47 Å². The molecule has 6 heteroatoms. The van der Waals surface area contributed by atoms with Gasteiger partial charge in [0.1, 0.15) is 4.99 Å².